The molecule has 3 aliphatic rings. The Morgan fingerprint density at radius 3 is 1.19 bits per heavy atom. The number of carbonyl (C=O) groups excluding carboxylic acids is 2. The van der Waals surface area contributed by atoms with Crippen molar-refractivity contribution >= 4 is 17.8 Å². The number of amides is 2. The number of aliphatic hydroxyl groups is 11. The monoisotopic (exact) mass is 1680 g/mol. The van der Waals surface area contributed by atoms with E-state index in [0.29, 0.717) is 12.8 Å². The average molecular weight is 1680 g/mol. The Balaban J connectivity index is 1.41. The molecule has 23 nitrogen and oxygen atoms in total. The van der Waals surface area contributed by atoms with Crippen LogP contribution in [0.25, 0.3) is 0 Å². The van der Waals surface area contributed by atoms with Crippen molar-refractivity contribution in [3.8, 4) is 0 Å². The van der Waals surface area contributed by atoms with Gasteiger partial charge in [-0.2, -0.15) is 0 Å². The summed E-state index contributed by atoms with van der Waals surface area (Å²) in [6, 6.07) is -2.62. The zero-order chi connectivity index (χ0) is 85.9. The van der Waals surface area contributed by atoms with Crippen molar-refractivity contribution < 1.29 is 104 Å². The predicted molar refractivity (Wildman–Crippen MR) is 468 cm³/mol. The van der Waals surface area contributed by atoms with Gasteiger partial charge in [-0.3, -0.25) is 9.59 Å². The van der Waals surface area contributed by atoms with Crippen molar-refractivity contribution in [2.45, 2.75) is 522 Å². The molecule has 0 saturated carbocycles. The van der Waals surface area contributed by atoms with Gasteiger partial charge in [0.25, 0.3) is 5.79 Å². The number of hydrogen-bond acceptors (Lipinski definition) is 20. The van der Waals surface area contributed by atoms with Crippen molar-refractivity contribution in [3.05, 3.63) is 36.5 Å². The lowest BCUT2D eigenvalue weighted by Gasteiger charge is -2.50. The number of hydrogen-bond donors (Lipinski definition) is 14. The second-order valence-corrected chi connectivity index (χ2v) is 34.9. The highest BCUT2D eigenvalue weighted by Gasteiger charge is 2.60. The van der Waals surface area contributed by atoms with Crippen LogP contribution in [-0.2, 0) is 42.8 Å². The zero-order valence-electron chi connectivity index (χ0n) is 74.3. The molecule has 0 radical (unpaired) electrons. The summed E-state index contributed by atoms with van der Waals surface area (Å²) < 4.78 is 35.0. The third-order valence-electron chi connectivity index (χ3n) is 24.3. The van der Waals surface area contributed by atoms with Gasteiger partial charge in [-0.1, -0.05) is 378 Å². The van der Waals surface area contributed by atoms with Crippen molar-refractivity contribution in [3.63, 3.8) is 0 Å². The largest absolute Gasteiger partial charge is 0.477 e. The third kappa shape index (κ3) is 49.6. The zero-order valence-corrected chi connectivity index (χ0v) is 74.3. The Morgan fingerprint density at radius 2 is 0.822 bits per heavy atom. The van der Waals surface area contributed by atoms with Gasteiger partial charge in [0.1, 0.15) is 67.1 Å². The number of aliphatic hydroxyl groups excluding tert-OH is 11. The molecule has 14 N–H and O–H groups in total. The Labute approximate surface area is 714 Å². The first-order valence-corrected chi connectivity index (χ1v) is 48.4. The van der Waals surface area contributed by atoms with E-state index in [-0.39, 0.29) is 12.3 Å². The van der Waals surface area contributed by atoms with E-state index in [2.05, 4.69) is 48.8 Å². The quantitative estimate of drug-likeness (QED) is 0.0199. The molecule has 0 aromatic rings. The molecule has 692 valence electrons. The van der Waals surface area contributed by atoms with Crippen LogP contribution in [-0.4, -0.2) is 215 Å². The van der Waals surface area contributed by atoms with Crippen LogP contribution in [0.15, 0.2) is 36.5 Å². The highest BCUT2D eigenvalue weighted by atomic mass is 16.8. The molecule has 3 heterocycles. The molecular formula is C95H176N2O21. The fraction of sp³-hybridized carbons (Fsp3) is 0.905. The minimum absolute atomic E-state index is 0.202. The highest BCUT2D eigenvalue weighted by Crippen LogP contribution is 2.39. The molecule has 2 amide bonds. The number of nitrogens with one attached hydrogen (secondary N) is 2. The van der Waals surface area contributed by atoms with Crippen LogP contribution < -0.4 is 10.6 Å². The van der Waals surface area contributed by atoms with E-state index >= 15 is 0 Å². The van der Waals surface area contributed by atoms with Gasteiger partial charge in [0, 0.05) is 19.8 Å². The summed E-state index contributed by atoms with van der Waals surface area (Å²) in [5.41, 5.74) is 0. The molecule has 18 unspecified atom stereocenters. The minimum Gasteiger partial charge on any atom is -0.477 e. The van der Waals surface area contributed by atoms with Crippen molar-refractivity contribution in [1.82, 2.24) is 10.6 Å². The van der Waals surface area contributed by atoms with Crippen LogP contribution in [0.4, 0.5) is 0 Å². The van der Waals surface area contributed by atoms with Crippen LogP contribution in [0.3, 0.4) is 0 Å². The summed E-state index contributed by atoms with van der Waals surface area (Å²) in [6.07, 6.45) is 59.2. The Kier molecular flexibility index (Phi) is 66.7. The van der Waals surface area contributed by atoms with E-state index in [1.165, 1.54) is 315 Å². The lowest BCUT2D eigenvalue weighted by molar-refractivity contribution is -0.386. The Bertz CT molecular complexity index is 2460. The average Bonchev–Trinajstić information content (AvgIpc) is 0.752. The van der Waals surface area contributed by atoms with Gasteiger partial charge in [-0.25, -0.2) is 4.79 Å². The number of carbonyl (C=O) groups is 3. The summed E-state index contributed by atoms with van der Waals surface area (Å²) in [6.45, 7) is 2.22. The van der Waals surface area contributed by atoms with Crippen LogP contribution >= 0.6 is 0 Å². The number of carboxylic acids is 1. The summed E-state index contributed by atoms with van der Waals surface area (Å²) >= 11 is 0. The fourth-order valence-electron chi connectivity index (χ4n) is 16.7. The molecule has 118 heavy (non-hydrogen) atoms. The summed E-state index contributed by atoms with van der Waals surface area (Å²) in [4.78, 5) is 38.8. The van der Waals surface area contributed by atoms with Gasteiger partial charge in [0.2, 0.25) is 11.8 Å². The molecule has 23 heteroatoms. The van der Waals surface area contributed by atoms with Gasteiger partial charge in [-0.05, 0) is 51.4 Å². The van der Waals surface area contributed by atoms with Crippen LogP contribution in [0, 0.1) is 0 Å². The van der Waals surface area contributed by atoms with Gasteiger partial charge in [-0.15, -0.1) is 0 Å². The first-order valence-electron chi connectivity index (χ1n) is 48.4. The topological polar surface area (TPSA) is 373 Å². The number of unbranched alkanes of at least 4 members (excludes halogenated alkanes) is 55. The SMILES string of the molecule is CCCCCCCCCCCCCCCCC/C=C\C/C=C\CCCCCCCCCCCCCCCCCCCC(=O)NC(COC1OC(CO)C(OC2OC(CO)C(O)C(OC3(C(=O)O)CC(O)C(NC(C)=O)C(C(O)C(O)CO)O3)C2O)C(O)C1O)C(O)/C=C/CCCCCCCCCCCCCCCCCCCCCCCCC. The maximum Gasteiger partial charge on any atom is 0.364 e. The van der Waals surface area contributed by atoms with Gasteiger partial charge in [0.15, 0.2) is 12.6 Å². The van der Waals surface area contributed by atoms with Gasteiger partial charge < -0.3 is 100 Å². The second-order valence-electron chi connectivity index (χ2n) is 34.9. The molecule has 18 atom stereocenters. The van der Waals surface area contributed by atoms with Crippen LogP contribution in [0.2, 0.25) is 0 Å². The third-order valence-corrected chi connectivity index (χ3v) is 24.3. The number of ether oxygens (including phenoxy) is 6. The minimum atomic E-state index is -3.09. The van der Waals surface area contributed by atoms with Crippen LogP contribution in [0.5, 0.6) is 0 Å². The summed E-state index contributed by atoms with van der Waals surface area (Å²) in [7, 11) is 0. The first-order chi connectivity index (χ1) is 57.4. The maximum atomic E-state index is 13.6. The van der Waals surface area contributed by atoms with E-state index in [1.807, 2.05) is 6.08 Å². The smallest absolute Gasteiger partial charge is 0.364 e. The number of carboxylic acid groups (broad SMARTS) is 1. The lowest BCUT2D eigenvalue weighted by atomic mass is 9.88. The molecule has 3 aliphatic heterocycles. The van der Waals surface area contributed by atoms with E-state index in [1.54, 1.807) is 6.08 Å². The summed E-state index contributed by atoms with van der Waals surface area (Å²) in [5, 5.41) is 137. The number of rotatable bonds is 79. The lowest BCUT2D eigenvalue weighted by Crippen LogP contribution is -2.70. The normalized spacial score (nSPS) is 24.8. The predicted octanol–water partition coefficient (Wildman–Crippen LogP) is 16.8. The van der Waals surface area contributed by atoms with Crippen LogP contribution in [0.1, 0.15) is 412 Å². The standard InChI is InChI=1S/C95H176N2O21/c1-4-6-8-10-12-14-16-18-20-22-24-26-28-30-31-32-33-34-35-36-37-38-39-40-41-42-43-45-47-49-51-53-55-57-59-61-63-65-67-69-82(105)97-76(77(102)68-66-64-62-60-58-56-54-52-50-48-46-44-29-27-25-23-21-19-17-15-13-11-9-7-5-2)74-113-92-87(109)86(108)89(81(73-100)115-92)116-93-88(110)91(85(107)80(72-99)114-93)118-95(94(111)112)70-78(103)83(96-75(3)101)90(117-95)84(106)79(104)71-98/h33-34,36-37,66,68,76-81,83-93,98-100,102-104,106-110H,4-32,35,38-65,67,69-74H2,1-3H3,(H,96,101)(H,97,105)(H,111,112)/b34-33-,37-36-,68-66+. The molecule has 0 aliphatic carbocycles. The molecule has 3 saturated heterocycles. The maximum absolute atomic E-state index is 13.6. The highest BCUT2D eigenvalue weighted by molar-refractivity contribution is 5.77. The van der Waals surface area contributed by atoms with Crippen molar-refractivity contribution in [1.29, 1.82) is 0 Å². The van der Waals surface area contributed by atoms with E-state index in [4.69, 9.17) is 28.4 Å². The molecule has 0 bridgehead atoms. The van der Waals surface area contributed by atoms with Crippen molar-refractivity contribution in [2.75, 3.05) is 26.4 Å². The first kappa shape index (κ1) is 109. The van der Waals surface area contributed by atoms with E-state index in [0.717, 1.165) is 58.3 Å². The van der Waals surface area contributed by atoms with Gasteiger partial charge >= 0.3 is 5.97 Å². The molecule has 3 fully saturated rings. The second kappa shape index (κ2) is 72.1. The van der Waals surface area contributed by atoms with Crippen molar-refractivity contribution in [2.24, 2.45) is 0 Å². The molecule has 3 rings (SSSR count). The molecular weight excluding hydrogens is 1510 g/mol. The number of aliphatic carboxylic acids is 1. The van der Waals surface area contributed by atoms with E-state index < -0.39 is 155 Å². The van der Waals surface area contributed by atoms with Gasteiger partial charge in [0.05, 0.1) is 50.7 Å². The molecule has 0 aromatic carbocycles. The molecule has 0 aromatic heterocycles. The Hall–Kier alpha value is -3.05. The summed E-state index contributed by atoms with van der Waals surface area (Å²) in [5.74, 6) is -6.13. The number of allylic oxidation sites excluding steroid dienone is 5. The fourth-order valence-corrected chi connectivity index (χ4v) is 16.7. The Morgan fingerprint density at radius 1 is 0.449 bits per heavy atom. The molecule has 0 spiro atoms. The van der Waals surface area contributed by atoms with E-state index in [9.17, 15) is 75.7 Å².